The molecule has 120 valence electrons. The first-order valence-corrected chi connectivity index (χ1v) is 8.70. The van der Waals surface area contributed by atoms with Crippen molar-refractivity contribution in [2.45, 2.75) is 39.0 Å². The average Bonchev–Trinajstić information content (AvgIpc) is 2.94. The zero-order valence-electron chi connectivity index (χ0n) is 13.3. The van der Waals surface area contributed by atoms with Crippen molar-refractivity contribution in [1.29, 1.82) is 0 Å². The number of hydrogen-bond acceptors (Lipinski definition) is 3. The Morgan fingerprint density at radius 1 is 1.27 bits per heavy atom. The van der Waals surface area contributed by atoms with Crippen LogP contribution in [0.3, 0.4) is 0 Å². The SMILES string of the molecule is CC1CCC(CCc2ccc3cc(Br)c(N)nc3c2)C1.CO. The number of aromatic nitrogens is 1. The number of benzene rings is 1. The molecule has 0 spiro atoms. The van der Waals surface area contributed by atoms with Gasteiger partial charge in [0, 0.05) is 12.5 Å². The van der Waals surface area contributed by atoms with E-state index in [1.165, 1.54) is 31.2 Å². The Labute approximate surface area is 141 Å². The molecule has 0 bridgehead atoms. The molecule has 4 heteroatoms. The molecule has 0 amide bonds. The Balaban J connectivity index is 0.000000847. The molecule has 2 aromatic rings. The second kappa shape index (κ2) is 7.93. The van der Waals surface area contributed by atoms with Gasteiger partial charge in [0.25, 0.3) is 0 Å². The highest BCUT2D eigenvalue weighted by molar-refractivity contribution is 9.10. The van der Waals surface area contributed by atoms with E-state index in [1.807, 2.05) is 6.07 Å². The van der Waals surface area contributed by atoms with Crippen LogP contribution in [0.4, 0.5) is 5.82 Å². The van der Waals surface area contributed by atoms with E-state index in [0.717, 1.165) is 40.7 Å². The van der Waals surface area contributed by atoms with Crippen LogP contribution in [-0.2, 0) is 6.42 Å². The van der Waals surface area contributed by atoms with Crippen LogP contribution in [0.5, 0.6) is 0 Å². The fourth-order valence-electron chi connectivity index (χ4n) is 3.32. The smallest absolute Gasteiger partial charge is 0.138 e. The summed E-state index contributed by atoms with van der Waals surface area (Å²) < 4.78 is 0.873. The minimum absolute atomic E-state index is 0.569. The van der Waals surface area contributed by atoms with Gasteiger partial charge in [-0.3, -0.25) is 0 Å². The fourth-order valence-corrected chi connectivity index (χ4v) is 3.65. The van der Waals surface area contributed by atoms with Gasteiger partial charge < -0.3 is 10.8 Å². The van der Waals surface area contributed by atoms with Crippen LogP contribution < -0.4 is 5.73 Å². The number of aryl methyl sites for hydroxylation is 1. The van der Waals surface area contributed by atoms with E-state index in [2.05, 4.69) is 46.0 Å². The van der Waals surface area contributed by atoms with Gasteiger partial charge >= 0.3 is 0 Å². The minimum Gasteiger partial charge on any atom is -0.400 e. The molecule has 1 aromatic heterocycles. The molecule has 2 unspecified atom stereocenters. The standard InChI is InChI=1S/C17H21BrN2.CH4O/c1-11-2-3-12(8-11)4-5-13-6-7-14-10-15(18)17(19)20-16(14)9-13;1-2/h6-7,9-12H,2-5,8H2,1H3,(H2,19,20);2H,1H3. The highest BCUT2D eigenvalue weighted by Crippen LogP contribution is 2.33. The molecule has 2 atom stereocenters. The van der Waals surface area contributed by atoms with Gasteiger partial charge in [-0.15, -0.1) is 0 Å². The third-order valence-electron chi connectivity index (χ3n) is 4.51. The highest BCUT2D eigenvalue weighted by Gasteiger charge is 2.20. The van der Waals surface area contributed by atoms with E-state index in [4.69, 9.17) is 10.8 Å². The molecule has 0 radical (unpaired) electrons. The molecule has 0 saturated heterocycles. The summed E-state index contributed by atoms with van der Waals surface area (Å²) in [5, 5.41) is 8.14. The molecule has 1 aliphatic carbocycles. The Hall–Kier alpha value is -1.13. The number of fused-ring (bicyclic) bond motifs is 1. The Morgan fingerprint density at radius 2 is 2.05 bits per heavy atom. The first kappa shape index (κ1) is 17.2. The van der Waals surface area contributed by atoms with E-state index in [0.29, 0.717) is 5.82 Å². The van der Waals surface area contributed by atoms with Crippen molar-refractivity contribution in [2.75, 3.05) is 12.8 Å². The third kappa shape index (κ3) is 4.20. The summed E-state index contributed by atoms with van der Waals surface area (Å²) >= 11 is 3.43. The molecule has 3 N–H and O–H groups in total. The normalized spacial score (nSPS) is 20.7. The Kier molecular flexibility index (Phi) is 6.21. The monoisotopic (exact) mass is 364 g/mol. The number of aliphatic hydroxyl groups is 1. The molecular weight excluding hydrogens is 340 g/mol. The van der Waals surface area contributed by atoms with Gasteiger partial charge in [-0.05, 0) is 64.7 Å². The number of nitrogens with two attached hydrogens (primary N) is 1. The van der Waals surface area contributed by atoms with Gasteiger partial charge in [0.2, 0.25) is 0 Å². The lowest BCUT2D eigenvalue weighted by Crippen LogP contribution is -1.98. The summed E-state index contributed by atoms with van der Waals surface area (Å²) in [4.78, 5) is 4.46. The van der Waals surface area contributed by atoms with Crippen LogP contribution in [0.25, 0.3) is 10.9 Å². The lowest BCUT2D eigenvalue weighted by atomic mass is 9.97. The topological polar surface area (TPSA) is 59.1 Å². The van der Waals surface area contributed by atoms with Crippen LogP contribution in [0.2, 0.25) is 0 Å². The average molecular weight is 365 g/mol. The first-order chi connectivity index (χ1) is 10.6. The van der Waals surface area contributed by atoms with Crippen LogP contribution in [-0.4, -0.2) is 17.2 Å². The minimum atomic E-state index is 0.569. The van der Waals surface area contributed by atoms with Crippen molar-refractivity contribution in [3.8, 4) is 0 Å². The largest absolute Gasteiger partial charge is 0.400 e. The van der Waals surface area contributed by atoms with Crippen LogP contribution >= 0.6 is 15.9 Å². The molecular formula is C18H25BrN2O. The predicted octanol–water partition coefficient (Wildman–Crippen LogP) is 4.56. The summed E-state index contributed by atoms with van der Waals surface area (Å²) in [6.07, 6.45) is 6.69. The van der Waals surface area contributed by atoms with Crippen molar-refractivity contribution in [3.63, 3.8) is 0 Å². The van der Waals surface area contributed by atoms with Crippen LogP contribution in [0.1, 0.15) is 38.2 Å². The molecule has 1 fully saturated rings. The molecule has 1 heterocycles. The number of aliphatic hydroxyl groups excluding tert-OH is 1. The fraction of sp³-hybridized carbons (Fsp3) is 0.500. The van der Waals surface area contributed by atoms with Gasteiger partial charge in [0.15, 0.2) is 0 Å². The van der Waals surface area contributed by atoms with Crippen molar-refractivity contribution < 1.29 is 5.11 Å². The van der Waals surface area contributed by atoms with Crippen LogP contribution in [0, 0.1) is 11.8 Å². The van der Waals surface area contributed by atoms with Crippen LogP contribution in [0.15, 0.2) is 28.7 Å². The van der Waals surface area contributed by atoms with Gasteiger partial charge in [-0.2, -0.15) is 0 Å². The van der Waals surface area contributed by atoms with E-state index < -0.39 is 0 Å². The van der Waals surface area contributed by atoms with E-state index in [-0.39, 0.29) is 0 Å². The number of pyridine rings is 1. The number of rotatable bonds is 3. The molecule has 1 aliphatic rings. The molecule has 22 heavy (non-hydrogen) atoms. The lowest BCUT2D eigenvalue weighted by molar-refractivity contribution is 0.399. The van der Waals surface area contributed by atoms with E-state index >= 15 is 0 Å². The number of anilines is 1. The van der Waals surface area contributed by atoms with Crippen molar-refractivity contribution in [2.24, 2.45) is 11.8 Å². The number of hydrogen-bond donors (Lipinski definition) is 2. The first-order valence-electron chi connectivity index (χ1n) is 7.91. The maximum Gasteiger partial charge on any atom is 0.138 e. The zero-order valence-corrected chi connectivity index (χ0v) is 14.9. The molecule has 0 aliphatic heterocycles. The number of halogens is 1. The van der Waals surface area contributed by atoms with E-state index in [1.54, 1.807) is 0 Å². The summed E-state index contributed by atoms with van der Waals surface area (Å²) in [6.45, 7) is 2.38. The molecule has 3 nitrogen and oxygen atoms in total. The Morgan fingerprint density at radius 3 is 2.73 bits per heavy atom. The molecule has 1 aromatic carbocycles. The second-order valence-corrected chi connectivity index (χ2v) is 7.06. The van der Waals surface area contributed by atoms with Gasteiger partial charge in [0.1, 0.15) is 5.82 Å². The third-order valence-corrected chi connectivity index (χ3v) is 5.14. The van der Waals surface area contributed by atoms with Crippen molar-refractivity contribution in [3.05, 3.63) is 34.3 Å². The quantitative estimate of drug-likeness (QED) is 0.839. The summed E-state index contributed by atoms with van der Waals surface area (Å²) in [5.74, 6) is 2.42. The molecule has 1 saturated carbocycles. The second-order valence-electron chi connectivity index (χ2n) is 6.21. The summed E-state index contributed by atoms with van der Waals surface area (Å²) in [7, 11) is 1.00. The van der Waals surface area contributed by atoms with Crippen molar-refractivity contribution >= 4 is 32.7 Å². The maximum atomic E-state index is 7.00. The summed E-state index contributed by atoms with van der Waals surface area (Å²) in [6, 6.07) is 8.61. The number of nitrogen functional groups attached to an aromatic ring is 1. The zero-order chi connectivity index (χ0) is 16.1. The molecule has 3 rings (SSSR count). The van der Waals surface area contributed by atoms with Crippen molar-refractivity contribution in [1.82, 2.24) is 4.98 Å². The highest BCUT2D eigenvalue weighted by atomic mass is 79.9. The lowest BCUT2D eigenvalue weighted by Gasteiger charge is -2.10. The summed E-state index contributed by atoms with van der Waals surface area (Å²) in [5.41, 5.74) is 8.25. The van der Waals surface area contributed by atoms with Gasteiger partial charge in [-0.25, -0.2) is 4.98 Å². The predicted molar refractivity (Wildman–Crippen MR) is 96.8 cm³/mol. The van der Waals surface area contributed by atoms with Gasteiger partial charge in [-0.1, -0.05) is 31.9 Å². The Bertz CT molecular complexity index is 630. The van der Waals surface area contributed by atoms with E-state index in [9.17, 15) is 0 Å². The van der Waals surface area contributed by atoms with Gasteiger partial charge in [0.05, 0.1) is 9.99 Å². The number of nitrogens with zero attached hydrogens (tertiary/aromatic N) is 1. The maximum absolute atomic E-state index is 7.00.